The number of rotatable bonds is 57. The fraction of sp³-hybridized carbons (Fsp3) is 0.951. The summed E-state index contributed by atoms with van der Waals surface area (Å²) in [6.45, 7) is 6.65. The second-order valence-electron chi connectivity index (χ2n) is 21.0. The normalized spacial score (nSPS) is 11.9. The zero-order valence-electron chi connectivity index (χ0n) is 45.7. The Morgan fingerprint density at radius 1 is 0.239 bits per heavy atom. The Morgan fingerprint density at radius 3 is 0.597 bits per heavy atom. The summed E-state index contributed by atoms with van der Waals surface area (Å²) in [5.41, 5.74) is 0. The number of carbonyl (C=O) groups excluding carboxylic acids is 3. The number of hydrogen-bond acceptors (Lipinski definition) is 6. The van der Waals surface area contributed by atoms with Gasteiger partial charge in [0, 0.05) is 19.3 Å². The minimum Gasteiger partial charge on any atom is -0.462 e. The summed E-state index contributed by atoms with van der Waals surface area (Å²) in [7, 11) is 0. The molecule has 0 amide bonds. The van der Waals surface area contributed by atoms with Crippen LogP contribution in [0.3, 0.4) is 0 Å². The van der Waals surface area contributed by atoms with Crippen molar-refractivity contribution >= 4 is 17.9 Å². The fourth-order valence-corrected chi connectivity index (χ4v) is 9.51. The second kappa shape index (κ2) is 57.0. The van der Waals surface area contributed by atoms with Gasteiger partial charge in [-0.3, -0.25) is 14.4 Å². The highest BCUT2D eigenvalue weighted by Gasteiger charge is 2.19. The van der Waals surface area contributed by atoms with Gasteiger partial charge >= 0.3 is 17.9 Å². The first-order chi connectivity index (χ1) is 33.0. The van der Waals surface area contributed by atoms with Crippen molar-refractivity contribution in [2.45, 2.75) is 361 Å². The lowest BCUT2D eigenvalue weighted by molar-refractivity contribution is -0.167. The molecule has 0 saturated heterocycles. The summed E-state index contributed by atoms with van der Waals surface area (Å²) in [5.74, 6) is -0.845. The maximum Gasteiger partial charge on any atom is 0.306 e. The highest BCUT2D eigenvalue weighted by Crippen LogP contribution is 2.18. The smallest absolute Gasteiger partial charge is 0.306 e. The molecule has 0 heterocycles. The van der Waals surface area contributed by atoms with E-state index in [2.05, 4.69) is 20.8 Å². The number of ether oxygens (including phenoxy) is 3. The van der Waals surface area contributed by atoms with Gasteiger partial charge in [0.05, 0.1) is 0 Å². The molecule has 1 unspecified atom stereocenters. The maximum atomic E-state index is 12.8. The molecular weight excluding hydrogens is 829 g/mol. The van der Waals surface area contributed by atoms with E-state index in [-0.39, 0.29) is 31.1 Å². The van der Waals surface area contributed by atoms with Crippen LogP contribution in [0, 0.1) is 0 Å². The van der Waals surface area contributed by atoms with Gasteiger partial charge < -0.3 is 14.2 Å². The topological polar surface area (TPSA) is 78.9 Å². The minimum atomic E-state index is -0.759. The predicted molar refractivity (Wildman–Crippen MR) is 289 cm³/mol. The van der Waals surface area contributed by atoms with Gasteiger partial charge in [0.15, 0.2) is 6.10 Å². The standard InChI is InChI=1S/C61H118O6/c1-4-7-10-13-16-18-20-22-23-24-25-26-27-28-29-30-31-32-33-34-35-36-37-38-39-41-42-45-48-51-54-60(63)66-57-58(56-65-59(62)53-50-47-44-15-12-9-6-3)67-61(64)55-52-49-46-43-40-21-19-17-14-11-8-5-2/h58H,4-57H2,1-3H3. The molecule has 1 atom stereocenters. The lowest BCUT2D eigenvalue weighted by atomic mass is 10.0. The van der Waals surface area contributed by atoms with Crippen molar-refractivity contribution in [3.8, 4) is 0 Å². The first-order valence-electron chi connectivity index (χ1n) is 30.5. The molecule has 0 aliphatic rings. The van der Waals surface area contributed by atoms with Crippen LogP contribution in [-0.4, -0.2) is 37.2 Å². The molecule has 0 N–H and O–H groups in total. The maximum absolute atomic E-state index is 12.8. The first-order valence-corrected chi connectivity index (χ1v) is 30.5. The summed E-state index contributed by atoms with van der Waals surface area (Å²) >= 11 is 0. The summed E-state index contributed by atoms with van der Waals surface area (Å²) in [5, 5.41) is 0. The van der Waals surface area contributed by atoms with Crippen molar-refractivity contribution in [3.63, 3.8) is 0 Å². The highest BCUT2D eigenvalue weighted by atomic mass is 16.6. The molecule has 0 radical (unpaired) electrons. The molecule has 0 aromatic carbocycles. The monoisotopic (exact) mass is 947 g/mol. The van der Waals surface area contributed by atoms with Crippen LogP contribution in [0.15, 0.2) is 0 Å². The van der Waals surface area contributed by atoms with Crippen LogP contribution in [-0.2, 0) is 28.6 Å². The summed E-state index contributed by atoms with van der Waals surface area (Å²) in [6, 6.07) is 0. The average Bonchev–Trinajstić information content (AvgIpc) is 3.33. The number of unbranched alkanes of at least 4 members (excludes halogenated alkanes) is 46. The lowest BCUT2D eigenvalue weighted by Crippen LogP contribution is -2.30. The van der Waals surface area contributed by atoms with Gasteiger partial charge in [-0.05, 0) is 19.3 Å². The van der Waals surface area contributed by atoms with E-state index in [0.29, 0.717) is 19.3 Å². The Labute approximate surface area is 418 Å². The molecule has 398 valence electrons. The highest BCUT2D eigenvalue weighted by molar-refractivity contribution is 5.71. The Kier molecular flexibility index (Phi) is 55.6. The molecule has 0 aromatic rings. The molecule has 6 heteroatoms. The van der Waals surface area contributed by atoms with Crippen molar-refractivity contribution in [2.24, 2.45) is 0 Å². The SMILES string of the molecule is CCCCCCCCCCCCCCCCCCCCCCCCCCCCCCCCC(=O)OCC(COC(=O)CCCCCCCCC)OC(=O)CCCCCCCCCCCCCC. The van der Waals surface area contributed by atoms with Crippen LogP contribution in [0.1, 0.15) is 355 Å². The molecule has 0 saturated carbocycles. The zero-order chi connectivity index (χ0) is 48.6. The van der Waals surface area contributed by atoms with E-state index < -0.39 is 6.10 Å². The van der Waals surface area contributed by atoms with Crippen LogP contribution < -0.4 is 0 Å². The molecule has 0 rings (SSSR count). The van der Waals surface area contributed by atoms with Gasteiger partial charge in [-0.2, -0.15) is 0 Å². The molecule has 67 heavy (non-hydrogen) atoms. The van der Waals surface area contributed by atoms with E-state index in [1.807, 2.05) is 0 Å². The Morgan fingerprint density at radius 2 is 0.403 bits per heavy atom. The predicted octanol–water partition coefficient (Wildman–Crippen LogP) is 20.3. The molecule has 6 nitrogen and oxygen atoms in total. The van der Waals surface area contributed by atoms with Gasteiger partial charge in [0.25, 0.3) is 0 Å². The average molecular weight is 948 g/mol. The van der Waals surface area contributed by atoms with Gasteiger partial charge in [-0.15, -0.1) is 0 Å². The largest absolute Gasteiger partial charge is 0.462 e. The molecule has 0 aromatic heterocycles. The Bertz CT molecular complexity index is 998. The van der Waals surface area contributed by atoms with Crippen molar-refractivity contribution in [1.82, 2.24) is 0 Å². The third-order valence-electron chi connectivity index (χ3n) is 14.1. The minimum absolute atomic E-state index is 0.0622. The van der Waals surface area contributed by atoms with E-state index in [9.17, 15) is 14.4 Å². The fourth-order valence-electron chi connectivity index (χ4n) is 9.51. The quantitative estimate of drug-likeness (QED) is 0.0343. The molecule has 0 aliphatic carbocycles. The van der Waals surface area contributed by atoms with Crippen molar-refractivity contribution < 1.29 is 28.6 Å². The third kappa shape index (κ3) is 55.2. The van der Waals surface area contributed by atoms with Crippen LogP contribution in [0.4, 0.5) is 0 Å². The van der Waals surface area contributed by atoms with Gasteiger partial charge in [0.2, 0.25) is 0 Å². The number of hydrogen-bond donors (Lipinski definition) is 0. The van der Waals surface area contributed by atoms with Crippen LogP contribution in [0.5, 0.6) is 0 Å². The molecule has 0 fully saturated rings. The lowest BCUT2D eigenvalue weighted by Gasteiger charge is -2.18. The van der Waals surface area contributed by atoms with Crippen LogP contribution in [0.2, 0.25) is 0 Å². The molecular formula is C61H118O6. The number of esters is 3. The second-order valence-corrected chi connectivity index (χ2v) is 21.0. The van der Waals surface area contributed by atoms with Crippen molar-refractivity contribution in [3.05, 3.63) is 0 Å². The zero-order valence-corrected chi connectivity index (χ0v) is 45.7. The Hall–Kier alpha value is -1.59. The van der Waals surface area contributed by atoms with Crippen LogP contribution in [0.25, 0.3) is 0 Å². The van der Waals surface area contributed by atoms with Crippen molar-refractivity contribution in [1.29, 1.82) is 0 Å². The summed E-state index contributed by atoms with van der Waals surface area (Å²) < 4.78 is 16.8. The van der Waals surface area contributed by atoms with E-state index in [0.717, 1.165) is 57.8 Å². The first kappa shape index (κ1) is 65.4. The van der Waals surface area contributed by atoms with E-state index >= 15 is 0 Å². The van der Waals surface area contributed by atoms with Crippen molar-refractivity contribution in [2.75, 3.05) is 13.2 Å². The number of carbonyl (C=O) groups is 3. The summed E-state index contributed by atoms with van der Waals surface area (Å²) in [6.07, 6.45) is 64.4. The Balaban J connectivity index is 3.91. The summed E-state index contributed by atoms with van der Waals surface area (Å²) in [4.78, 5) is 37.9. The van der Waals surface area contributed by atoms with E-state index in [4.69, 9.17) is 14.2 Å². The van der Waals surface area contributed by atoms with Gasteiger partial charge in [0.1, 0.15) is 13.2 Å². The van der Waals surface area contributed by atoms with E-state index in [1.54, 1.807) is 0 Å². The third-order valence-corrected chi connectivity index (χ3v) is 14.1. The van der Waals surface area contributed by atoms with E-state index in [1.165, 1.54) is 257 Å². The van der Waals surface area contributed by atoms with Gasteiger partial charge in [-0.25, -0.2) is 0 Å². The molecule has 0 spiro atoms. The van der Waals surface area contributed by atoms with Crippen LogP contribution >= 0.6 is 0 Å². The van der Waals surface area contributed by atoms with Gasteiger partial charge in [-0.1, -0.05) is 316 Å². The molecule has 0 aliphatic heterocycles. The molecule has 0 bridgehead atoms.